The number of esters is 1. The predicted octanol–water partition coefficient (Wildman–Crippen LogP) is 2.67. The van der Waals surface area contributed by atoms with Crippen LogP contribution in [0.5, 0.6) is 0 Å². The summed E-state index contributed by atoms with van der Waals surface area (Å²) in [5.74, 6) is -1.13. The van der Waals surface area contributed by atoms with E-state index in [9.17, 15) is 13.2 Å². The van der Waals surface area contributed by atoms with Gasteiger partial charge in [-0.25, -0.2) is 13.2 Å². The van der Waals surface area contributed by atoms with E-state index in [1.807, 2.05) is 6.92 Å². The number of benzene rings is 1. The van der Waals surface area contributed by atoms with Crippen molar-refractivity contribution in [3.63, 3.8) is 0 Å². The molecule has 0 saturated heterocycles. The number of carbonyl (C=O) groups is 1. The van der Waals surface area contributed by atoms with Crippen LogP contribution in [0.1, 0.15) is 26.3 Å². The molecule has 0 unspecified atom stereocenters. The lowest BCUT2D eigenvalue weighted by Crippen LogP contribution is -2.26. The number of rotatable bonds is 4. The van der Waals surface area contributed by atoms with Crippen LogP contribution < -0.4 is 0 Å². The van der Waals surface area contributed by atoms with Crippen molar-refractivity contribution in [1.29, 1.82) is 0 Å². The SMILES string of the molecule is C=C(CS(=O)(=O)c1ccc(C)cc1)C(=O)OC(C)(C)C. The Morgan fingerprint density at radius 3 is 2.15 bits per heavy atom. The van der Waals surface area contributed by atoms with Crippen molar-refractivity contribution in [3.8, 4) is 0 Å². The van der Waals surface area contributed by atoms with Crippen molar-refractivity contribution in [2.45, 2.75) is 38.2 Å². The second-order valence-corrected chi connectivity index (χ2v) is 7.67. The van der Waals surface area contributed by atoms with Gasteiger partial charge in [0.25, 0.3) is 0 Å². The number of carbonyl (C=O) groups excluding carboxylic acids is 1. The molecule has 1 rings (SSSR count). The summed E-state index contributed by atoms with van der Waals surface area (Å²) in [5.41, 5.74) is 0.226. The molecule has 0 atom stereocenters. The number of ether oxygens (including phenoxy) is 1. The maximum absolute atomic E-state index is 12.2. The Kier molecular flexibility index (Phi) is 4.76. The summed E-state index contributed by atoms with van der Waals surface area (Å²) in [4.78, 5) is 11.9. The highest BCUT2D eigenvalue weighted by Gasteiger charge is 2.23. The molecule has 4 nitrogen and oxygen atoms in total. The van der Waals surface area contributed by atoms with Gasteiger partial charge in [-0.3, -0.25) is 0 Å². The molecular weight excluding hydrogens is 276 g/mol. The van der Waals surface area contributed by atoms with Gasteiger partial charge in [-0.05, 0) is 39.8 Å². The van der Waals surface area contributed by atoms with E-state index in [4.69, 9.17) is 4.74 Å². The molecule has 0 bridgehead atoms. The Hall–Kier alpha value is -1.62. The summed E-state index contributed by atoms with van der Waals surface area (Å²) in [7, 11) is -3.58. The quantitative estimate of drug-likeness (QED) is 0.633. The van der Waals surface area contributed by atoms with Crippen LogP contribution in [-0.4, -0.2) is 25.7 Å². The van der Waals surface area contributed by atoms with E-state index in [2.05, 4.69) is 6.58 Å². The molecule has 0 saturated carbocycles. The zero-order valence-electron chi connectivity index (χ0n) is 12.3. The standard InChI is InChI=1S/C15H20O4S/c1-11-6-8-13(9-7-11)20(17,18)10-12(2)14(16)19-15(3,4)5/h6-9H,2,10H2,1,3-5H3. The van der Waals surface area contributed by atoms with Crippen molar-refractivity contribution in [3.05, 3.63) is 42.0 Å². The molecule has 0 aliphatic rings. The van der Waals surface area contributed by atoms with Crippen LogP contribution in [0.4, 0.5) is 0 Å². The van der Waals surface area contributed by atoms with Crippen LogP contribution in [0, 0.1) is 6.92 Å². The number of hydrogen-bond donors (Lipinski definition) is 0. The smallest absolute Gasteiger partial charge is 0.334 e. The van der Waals surface area contributed by atoms with Gasteiger partial charge in [-0.2, -0.15) is 0 Å². The molecule has 20 heavy (non-hydrogen) atoms. The van der Waals surface area contributed by atoms with Crippen LogP contribution in [-0.2, 0) is 19.4 Å². The van der Waals surface area contributed by atoms with Crippen LogP contribution in [0.15, 0.2) is 41.3 Å². The minimum Gasteiger partial charge on any atom is -0.457 e. The highest BCUT2D eigenvalue weighted by molar-refractivity contribution is 7.91. The fourth-order valence-corrected chi connectivity index (χ4v) is 2.76. The van der Waals surface area contributed by atoms with Crippen LogP contribution in [0.25, 0.3) is 0 Å². The highest BCUT2D eigenvalue weighted by atomic mass is 32.2. The molecule has 0 heterocycles. The van der Waals surface area contributed by atoms with Gasteiger partial charge in [0.05, 0.1) is 10.6 Å². The van der Waals surface area contributed by atoms with E-state index in [0.717, 1.165) is 5.56 Å². The average Bonchev–Trinajstić information content (AvgIpc) is 2.26. The van der Waals surface area contributed by atoms with Crippen molar-refractivity contribution in [2.24, 2.45) is 0 Å². The summed E-state index contributed by atoms with van der Waals surface area (Å²) in [6.45, 7) is 10.5. The lowest BCUT2D eigenvalue weighted by molar-refractivity contribution is -0.149. The minimum absolute atomic E-state index is 0.0690. The molecule has 0 aliphatic carbocycles. The molecule has 1 aromatic rings. The van der Waals surface area contributed by atoms with Gasteiger partial charge in [0, 0.05) is 5.57 Å². The van der Waals surface area contributed by atoms with Gasteiger partial charge in [-0.15, -0.1) is 0 Å². The summed E-state index contributed by atoms with van der Waals surface area (Å²) in [5, 5.41) is 0. The predicted molar refractivity (Wildman–Crippen MR) is 78.2 cm³/mol. The molecule has 0 amide bonds. The summed E-state index contributed by atoms with van der Waals surface area (Å²) < 4.78 is 29.4. The van der Waals surface area contributed by atoms with Crippen molar-refractivity contribution in [2.75, 3.05) is 5.75 Å². The van der Waals surface area contributed by atoms with Crippen molar-refractivity contribution < 1.29 is 17.9 Å². The fraction of sp³-hybridized carbons (Fsp3) is 0.400. The average molecular weight is 296 g/mol. The third-order valence-electron chi connectivity index (χ3n) is 2.43. The van der Waals surface area contributed by atoms with E-state index in [-0.39, 0.29) is 10.5 Å². The van der Waals surface area contributed by atoms with Crippen LogP contribution in [0.3, 0.4) is 0 Å². The van der Waals surface area contributed by atoms with Crippen LogP contribution in [0.2, 0.25) is 0 Å². The molecule has 0 spiro atoms. The Morgan fingerprint density at radius 2 is 1.70 bits per heavy atom. The zero-order chi connectivity index (χ0) is 15.6. The van der Waals surface area contributed by atoms with Gasteiger partial charge in [0.15, 0.2) is 9.84 Å². The van der Waals surface area contributed by atoms with Gasteiger partial charge in [-0.1, -0.05) is 24.3 Å². The molecule has 0 N–H and O–H groups in total. The van der Waals surface area contributed by atoms with E-state index in [0.29, 0.717) is 0 Å². The molecule has 110 valence electrons. The Balaban J connectivity index is 2.84. The maximum Gasteiger partial charge on any atom is 0.334 e. The van der Waals surface area contributed by atoms with E-state index in [1.54, 1.807) is 32.9 Å². The molecular formula is C15H20O4S. The fourth-order valence-electron chi connectivity index (χ4n) is 1.47. The second kappa shape index (κ2) is 5.79. The first kappa shape index (κ1) is 16.4. The highest BCUT2D eigenvalue weighted by Crippen LogP contribution is 2.16. The number of hydrogen-bond acceptors (Lipinski definition) is 4. The third kappa shape index (κ3) is 4.81. The van der Waals surface area contributed by atoms with E-state index >= 15 is 0 Å². The van der Waals surface area contributed by atoms with E-state index in [1.165, 1.54) is 12.1 Å². The first-order chi connectivity index (χ1) is 9.01. The van der Waals surface area contributed by atoms with Crippen molar-refractivity contribution in [1.82, 2.24) is 0 Å². The number of aryl methyl sites for hydroxylation is 1. The molecule has 0 aromatic heterocycles. The first-order valence-corrected chi connectivity index (χ1v) is 7.87. The zero-order valence-corrected chi connectivity index (χ0v) is 13.1. The van der Waals surface area contributed by atoms with Crippen molar-refractivity contribution >= 4 is 15.8 Å². The maximum atomic E-state index is 12.2. The van der Waals surface area contributed by atoms with Gasteiger partial charge < -0.3 is 4.74 Å². The van der Waals surface area contributed by atoms with Gasteiger partial charge in [0.2, 0.25) is 0 Å². The lowest BCUT2D eigenvalue weighted by atomic mass is 10.2. The second-order valence-electron chi connectivity index (χ2n) is 5.68. The van der Waals surface area contributed by atoms with Gasteiger partial charge >= 0.3 is 5.97 Å². The topological polar surface area (TPSA) is 60.4 Å². The molecule has 1 aromatic carbocycles. The largest absolute Gasteiger partial charge is 0.457 e. The Morgan fingerprint density at radius 1 is 1.20 bits per heavy atom. The third-order valence-corrected chi connectivity index (χ3v) is 4.15. The summed E-state index contributed by atoms with van der Waals surface area (Å²) in [6.07, 6.45) is 0. The molecule has 0 radical (unpaired) electrons. The molecule has 0 aliphatic heterocycles. The Bertz CT molecular complexity index is 604. The number of sulfone groups is 1. The van der Waals surface area contributed by atoms with Crippen LogP contribution >= 0.6 is 0 Å². The summed E-state index contributed by atoms with van der Waals surface area (Å²) in [6, 6.07) is 6.46. The Labute approximate surface area is 120 Å². The first-order valence-electron chi connectivity index (χ1n) is 6.22. The molecule has 0 fully saturated rings. The minimum atomic E-state index is -3.58. The van der Waals surface area contributed by atoms with Gasteiger partial charge in [0.1, 0.15) is 5.60 Å². The van der Waals surface area contributed by atoms with E-state index < -0.39 is 27.2 Å². The lowest BCUT2D eigenvalue weighted by Gasteiger charge is -2.20. The summed E-state index contributed by atoms with van der Waals surface area (Å²) >= 11 is 0. The monoisotopic (exact) mass is 296 g/mol. The normalized spacial score (nSPS) is 12.0. The molecule has 5 heteroatoms.